The summed E-state index contributed by atoms with van der Waals surface area (Å²) in [5, 5.41) is 9.48. The summed E-state index contributed by atoms with van der Waals surface area (Å²) in [5.74, 6) is 0.639. The van der Waals surface area contributed by atoms with Gasteiger partial charge in [-0.1, -0.05) is 0 Å². The van der Waals surface area contributed by atoms with Gasteiger partial charge in [-0.25, -0.2) is 15.0 Å². The molecule has 1 atom stereocenters. The van der Waals surface area contributed by atoms with Gasteiger partial charge in [0, 0.05) is 37.9 Å². The number of aliphatic hydroxyl groups is 1. The van der Waals surface area contributed by atoms with Gasteiger partial charge in [-0.15, -0.1) is 0 Å². The molecule has 21 heavy (non-hydrogen) atoms. The van der Waals surface area contributed by atoms with Crippen molar-refractivity contribution in [2.45, 2.75) is 13.0 Å². The Morgan fingerprint density at radius 1 is 1.29 bits per heavy atom. The zero-order chi connectivity index (χ0) is 14.7. The van der Waals surface area contributed by atoms with Crippen LogP contribution < -0.4 is 5.56 Å². The van der Waals surface area contributed by atoms with Crippen molar-refractivity contribution in [1.29, 1.82) is 0 Å². The molecule has 3 aromatic rings. The normalized spacial score (nSPS) is 12.6. The molecule has 0 aliphatic rings. The van der Waals surface area contributed by atoms with Crippen molar-refractivity contribution in [1.82, 2.24) is 19.5 Å². The highest BCUT2D eigenvalue weighted by molar-refractivity contribution is 5.66. The van der Waals surface area contributed by atoms with Gasteiger partial charge in [-0.2, -0.15) is 0 Å². The van der Waals surface area contributed by atoms with Crippen LogP contribution in [0.25, 0.3) is 11.2 Å². The summed E-state index contributed by atoms with van der Waals surface area (Å²) in [6, 6.07) is 3.64. The molecule has 0 aromatic carbocycles. The smallest absolute Gasteiger partial charge is 0.281 e. The van der Waals surface area contributed by atoms with Crippen LogP contribution in [-0.2, 0) is 13.0 Å². The van der Waals surface area contributed by atoms with E-state index in [9.17, 15) is 9.90 Å². The number of fused-ring (bicyclic) bond motifs is 1. The van der Waals surface area contributed by atoms with E-state index in [0.29, 0.717) is 18.6 Å². The lowest BCUT2D eigenvalue weighted by Crippen LogP contribution is -2.27. The average Bonchev–Trinajstić information content (AvgIpc) is 3.02. The van der Waals surface area contributed by atoms with Gasteiger partial charge >= 0.3 is 0 Å². The van der Waals surface area contributed by atoms with Crippen LogP contribution in [0.1, 0.15) is 5.76 Å². The Morgan fingerprint density at radius 2 is 2.14 bits per heavy atom. The molecule has 0 amide bonds. The Labute approximate surface area is 119 Å². The van der Waals surface area contributed by atoms with Crippen molar-refractivity contribution in [3.63, 3.8) is 0 Å². The Balaban J connectivity index is 1.86. The Kier molecular flexibility index (Phi) is 3.74. The number of aliphatic hydroxyl groups excluding tert-OH is 1. The van der Waals surface area contributed by atoms with E-state index in [1.54, 1.807) is 12.3 Å². The van der Waals surface area contributed by atoms with Crippen molar-refractivity contribution in [2.75, 3.05) is 6.61 Å². The van der Waals surface area contributed by atoms with Crippen LogP contribution in [0.4, 0.5) is 0 Å². The van der Waals surface area contributed by atoms with E-state index in [-0.39, 0.29) is 23.6 Å². The number of hydrogen-bond donors (Lipinski definition) is 1. The van der Waals surface area contributed by atoms with Crippen LogP contribution >= 0.6 is 0 Å². The molecule has 0 saturated heterocycles. The predicted octanol–water partition coefficient (Wildman–Crippen LogP) is 0.631. The van der Waals surface area contributed by atoms with Crippen molar-refractivity contribution in [2.24, 2.45) is 5.92 Å². The lowest BCUT2D eigenvalue weighted by molar-refractivity contribution is 0.203. The summed E-state index contributed by atoms with van der Waals surface area (Å²) >= 11 is 0. The number of furan rings is 1. The van der Waals surface area contributed by atoms with Crippen LogP contribution in [0.2, 0.25) is 0 Å². The van der Waals surface area contributed by atoms with Gasteiger partial charge in [0.25, 0.3) is 5.56 Å². The molecule has 0 saturated carbocycles. The molecular weight excluding hydrogens is 272 g/mol. The standard InChI is InChI=1S/C14H14N4O3/c19-8-10(6-11-2-1-5-21-11)7-18-9-17-13-12(14(18)20)15-3-4-16-13/h1-5,9-10,19H,6-8H2. The van der Waals surface area contributed by atoms with Gasteiger partial charge in [-0.3, -0.25) is 9.36 Å². The minimum atomic E-state index is -0.258. The molecule has 0 radical (unpaired) electrons. The van der Waals surface area contributed by atoms with Crippen molar-refractivity contribution >= 4 is 11.2 Å². The largest absolute Gasteiger partial charge is 0.469 e. The molecule has 3 aromatic heterocycles. The second-order valence-corrected chi connectivity index (χ2v) is 4.76. The molecule has 0 bridgehead atoms. The third kappa shape index (κ3) is 2.82. The van der Waals surface area contributed by atoms with Gasteiger partial charge in [0.1, 0.15) is 12.1 Å². The maximum Gasteiger partial charge on any atom is 0.281 e. The SMILES string of the molecule is O=c1c2nccnc2ncn1CC(CO)Cc1ccco1. The van der Waals surface area contributed by atoms with E-state index in [0.717, 1.165) is 5.76 Å². The van der Waals surface area contributed by atoms with Crippen LogP contribution in [0, 0.1) is 5.92 Å². The van der Waals surface area contributed by atoms with Crippen LogP contribution in [0.3, 0.4) is 0 Å². The van der Waals surface area contributed by atoms with Crippen molar-refractivity contribution < 1.29 is 9.52 Å². The first-order chi connectivity index (χ1) is 10.3. The highest BCUT2D eigenvalue weighted by Crippen LogP contribution is 2.11. The summed E-state index contributed by atoms with van der Waals surface area (Å²) in [6.45, 7) is 0.293. The summed E-state index contributed by atoms with van der Waals surface area (Å²) in [6.07, 6.45) is 6.52. The molecule has 3 heterocycles. The van der Waals surface area contributed by atoms with Gasteiger partial charge in [0.2, 0.25) is 0 Å². The molecule has 0 aliphatic heterocycles. The zero-order valence-corrected chi connectivity index (χ0v) is 11.2. The molecule has 1 unspecified atom stereocenters. The molecule has 7 nitrogen and oxygen atoms in total. The van der Waals surface area contributed by atoms with Crippen molar-refractivity contribution in [3.8, 4) is 0 Å². The number of hydrogen-bond acceptors (Lipinski definition) is 6. The lowest BCUT2D eigenvalue weighted by atomic mass is 10.1. The van der Waals surface area contributed by atoms with E-state index in [4.69, 9.17) is 4.42 Å². The van der Waals surface area contributed by atoms with E-state index in [1.165, 1.54) is 23.3 Å². The Morgan fingerprint density at radius 3 is 2.90 bits per heavy atom. The summed E-state index contributed by atoms with van der Waals surface area (Å²) in [7, 11) is 0. The molecule has 108 valence electrons. The van der Waals surface area contributed by atoms with E-state index in [1.807, 2.05) is 6.07 Å². The Hall–Kier alpha value is -2.54. The molecule has 3 rings (SSSR count). The number of aromatic nitrogens is 4. The van der Waals surface area contributed by atoms with Crippen molar-refractivity contribution in [3.05, 3.63) is 53.2 Å². The third-order valence-corrected chi connectivity index (χ3v) is 3.24. The first-order valence-electron chi connectivity index (χ1n) is 6.57. The van der Waals surface area contributed by atoms with Gasteiger partial charge in [-0.05, 0) is 12.1 Å². The van der Waals surface area contributed by atoms with Crippen LogP contribution in [-0.4, -0.2) is 31.2 Å². The topological polar surface area (TPSA) is 94.0 Å². The van der Waals surface area contributed by atoms with Gasteiger partial charge < -0.3 is 9.52 Å². The first-order valence-corrected chi connectivity index (χ1v) is 6.57. The monoisotopic (exact) mass is 286 g/mol. The molecule has 7 heteroatoms. The quantitative estimate of drug-likeness (QED) is 0.739. The maximum absolute atomic E-state index is 12.3. The predicted molar refractivity (Wildman–Crippen MR) is 74.6 cm³/mol. The minimum absolute atomic E-state index is 0.0500. The number of rotatable bonds is 5. The fourth-order valence-electron chi connectivity index (χ4n) is 2.20. The van der Waals surface area contributed by atoms with Gasteiger partial charge in [0.15, 0.2) is 11.2 Å². The summed E-state index contributed by atoms with van der Waals surface area (Å²) < 4.78 is 6.71. The molecule has 0 fully saturated rings. The van der Waals surface area contributed by atoms with Gasteiger partial charge in [0.05, 0.1) is 6.26 Å². The highest BCUT2D eigenvalue weighted by Gasteiger charge is 2.14. The van der Waals surface area contributed by atoms with E-state index in [2.05, 4.69) is 15.0 Å². The average molecular weight is 286 g/mol. The van der Waals surface area contributed by atoms with Crippen LogP contribution in [0.5, 0.6) is 0 Å². The Bertz CT molecular complexity index is 782. The summed E-state index contributed by atoms with van der Waals surface area (Å²) in [4.78, 5) is 24.4. The second kappa shape index (κ2) is 5.84. The maximum atomic E-state index is 12.3. The van der Waals surface area contributed by atoms with Crippen LogP contribution in [0.15, 0.2) is 46.3 Å². The molecule has 1 N–H and O–H groups in total. The fraction of sp³-hybridized carbons (Fsp3) is 0.286. The molecule has 0 spiro atoms. The second-order valence-electron chi connectivity index (χ2n) is 4.76. The highest BCUT2D eigenvalue weighted by atomic mass is 16.3. The lowest BCUT2D eigenvalue weighted by Gasteiger charge is -2.14. The first kappa shape index (κ1) is 13.4. The third-order valence-electron chi connectivity index (χ3n) is 3.24. The molecule has 0 aliphatic carbocycles. The molecular formula is C14H14N4O3. The van der Waals surface area contributed by atoms with E-state index >= 15 is 0 Å². The number of nitrogens with zero attached hydrogens (tertiary/aromatic N) is 4. The minimum Gasteiger partial charge on any atom is -0.469 e. The summed E-state index contributed by atoms with van der Waals surface area (Å²) in [5.41, 5.74) is 0.297. The fourth-order valence-corrected chi connectivity index (χ4v) is 2.20. The van der Waals surface area contributed by atoms with E-state index < -0.39 is 0 Å². The zero-order valence-electron chi connectivity index (χ0n) is 11.2.